The van der Waals surface area contributed by atoms with Crippen molar-refractivity contribution in [1.82, 2.24) is 0 Å². The maximum absolute atomic E-state index is 9.33. The number of aliphatic hydroxyl groups excluding tert-OH is 1. The van der Waals surface area contributed by atoms with Crippen molar-refractivity contribution in [2.45, 2.75) is 32.6 Å². The first-order chi connectivity index (χ1) is 9.13. The lowest BCUT2D eigenvalue weighted by molar-refractivity contribution is 0.273. The molecule has 0 aliphatic heterocycles. The molecule has 0 bridgehead atoms. The molecule has 2 aromatic rings. The fraction of sp³-hybridized carbons (Fsp3) is 0.333. The molecule has 100 valence electrons. The molecule has 0 aliphatic carbocycles. The van der Waals surface area contributed by atoms with Gasteiger partial charge in [0.15, 0.2) is 0 Å². The lowest BCUT2D eigenvalue weighted by Crippen LogP contribution is -2.01. The number of aliphatic hydroxyl groups is 1. The molecule has 1 atom stereocenters. The fourth-order valence-electron chi connectivity index (χ4n) is 2.36. The van der Waals surface area contributed by atoms with Crippen LogP contribution < -0.4 is 0 Å². The maximum atomic E-state index is 9.33. The quantitative estimate of drug-likeness (QED) is 0.847. The summed E-state index contributed by atoms with van der Waals surface area (Å²) >= 11 is 0. The van der Waals surface area contributed by atoms with Crippen molar-refractivity contribution in [2.24, 2.45) is 0 Å². The van der Waals surface area contributed by atoms with Gasteiger partial charge in [0.05, 0.1) is 0 Å². The first-order valence-corrected chi connectivity index (χ1v) is 6.93. The normalized spacial score (nSPS) is 12.7. The summed E-state index contributed by atoms with van der Waals surface area (Å²) in [5.41, 5.74) is 5.09. The molecular weight excluding hydrogens is 232 g/mol. The van der Waals surface area contributed by atoms with E-state index < -0.39 is 0 Å². The van der Waals surface area contributed by atoms with Gasteiger partial charge in [0, 0.05) is 12.5 Å². The van der Waals surface area contributed by atoms with Crippen molar-refractivity contribution in [3.63, 3.8) is 0 Å². The molecule has 1 heteroatoms. The van der Waals surface area contributed by atoms with E-state index in [-0.39, 0.29) is 12.5 Å². The van der Waals surface area contributed by atoms with E-state index in [1.54, 1.807) is 0 Å². The first kappa shape index (κ1) is 13.8. The second kappa shape index (κ2) is 6.03. The highest BCUT2D eigenvalue weighted by molar-refractivity contribution is 5.69. The number of benzene rings is 2. The van der Waals surface area contributed by atoms with Crippen LogP contribution in [0.5, 0.6) is 0 Å². The van der Waals surface area contributed by atoms with E-state index in [4.69, 9.17) is 0 Å². The molecule has 0 heterocycles. The third-order valence-electron chi connectivity index (χ3n) is 3.63. The second-order valence-corrected chi connectivity index (χ2v) is 5.45. The predicted octanol–water partition coefficient (Wildman–Crippen LogP) is 4.57. The van der Waals surface area contributed by atoms with Gasteiger partial charge < -0.3 is 5.11 Å². The van der Waals surface area contributed by atoms with Gasteiger partial charge >= 0.3 is 0 Å². The Balaban J connectivity index is 2.54. The van der Waals surface area contributed by atoms with Crippen LogP contribution in [0.15, 0.2) is 48.5 Å². The van der Waals surface area contributed by atoms with Gasteiger partial charge in [0.1, 0.15) is 0 Å². The van der Waals surface area contributed by atoms with E-state index in [1.807, 2.05) is 6.07 Å². The summed E-state index contributed by atoms with van der Waals surface area (Å²) in [4.78, 5) is 0. The number of hydrogen-bond acceptors (Lipinski definition) is 1. The Bertz CT molecular complexity index is 529. The van der Waals surface area contributed by atoms with Crippen LogP contribution in [0.1, 0.15) is 43.7 Å². The molecule has 1 unspecified atom stereocenters. The van der Waals surface area contributed by atoms with Gasteiger partial charge in [0.2, 0.25) is 0 Å². The Hall–Kier alpha value is -1.60. The Morgan fingerprint density at radius 1 is 0.947 bits per heavy atom. The molecule has 0 aromatic heterocycles. The molecule has 0 spiro atoms. The molecule has 0 saturated carbocycles. The summed E-state index contributed by atoms with van der Waals surface area (Å²) < 4.78 is 0. The third-order valence-corrected chi connectivity index (χ3v) is 3.63. The Labute approximate surface area is 115 Å². The Kier molecular flexibility index (Phi) is 4.39. The standard InChI is InChI=1S/C18H22O/c1-13(2)17-10-9-16(14(3)12-19)11-18(17)15-7-5-4-6-8-15/h4-11,13-14,19H,12H2,1-3H3. The lowest BCUT2D eigenvalue weighted by atomic mass is 9.88. The lowest BCUT2D eigenvalue weighted by Gasteiger charge is -2.17. The summed E-state index contributed by atoms with van der Waals surface area (Å²) in [6.45, 7) is 6.68. The molecule has 2 rings (SSSR count). The topological polar surface area (TPSA) is 20.2 Å². The summed E-state index contributed by atoms with van der Waals surface area (Å²) in [7, 11) is 0. The maximum Gasteiger partial charge on any atom is 0.0497 e. The Morgan fingerprint density at radius 2 is 1.63 bits per heavy atom. The molecule has 0 amide bonds. The van der Waals surface area contributed by atoms with Crippen molar-refractivity contribution in [2.75, 3.05) is 6.61 Å². The highest BCUT2D eigenvalue weighted by Gasteiger charge is 2.12. The van der Waals surface area contributed by atoms with Gasteiger partial charge in [-0.15, -0.1) is 0 Å². The van der Waals surface area contributed by atoms with Crippen molar-refractivity contribution in [3.05, 3.63) is 59.7 Å². The molecule has 0 saturated heterocycles. The van der Waals surface area contributed by atoms with E-state index in [0.29, 0.717) is 5.92 Å². The van der Waals surface area contributed by atoms with E-state index in [9.17, 15) is 5.11 Å². The molecule has 0 radical (unpaired) electrons. The van der Waals surface area contributed by atoms with Crippen molar-refractivity contribution >= 4 is 0 Å². The molecule has 2 aromatic carbocycles. The number of rotatable bonds is 4. The van der Waals surface area contributed by atoms with Crippen molar-refractivity contribution in [3.8, 4) is 11.1 Å². The smallest absolute Gasteiger partial charge is 0.0497 e. The van der Waals surface area contributed by atoms with E-state index >= 15 is 0 Å². The van der Waals surface area contributed by atoms with Crippen LogP contribution in [-0.4, -0.2) is 11.7 Å². The summed E-state index contributed by atoms with van der Waals surface area (Å²) in [6, 6.07) is 17.0. The largest absolute Gasteiger partial charge is 0.396 e. The minimum absolute atomic E-state index is 0.184. The zero-order chi connectivity index (χ0) is 13.8. The van der Waals surface area contributed by atoms with E-state index in [2.05, 4.69) is 63.2 Å². The number of hydrogen-bond donors (Lipinski definition) is 1. The van der Waals surface area contributed by atoms with Gasteiger partial charge in [-0.1, -0.05) is 69.3 Å². The Morgan fingerprint density at radius 3 is 2.21 bits per heavy atom. The summed E-state index contributed by atoms with van der Waals surface area (Å²) in [6.07, 6.45) is 0. The molecule has 1 N–H and O–H groups in total. The zero-order valence-electron chi connectivity index (χ0n) is 11.9. The zero-order valence-corrected chi connectivity index (χ0v) is 11.9. The van der Waals surface area contributed by atoms with Gasteiger partial charge in [-0.2, -0.15) is 0 Å². The monoisotopic (exact) mass is 254 g/mol. The molecule has 1 nitrogen and oxygen atoms in total. The van der Waals surface area contributed by atoms with Crippen molar-refractivity contribution < 1.29 is 5.11 Å². The van der Waals surface area contributed by atoms with Crippen LogP contribution in [-0.2, 0) is 0 Å². The average molecular weight is 254 g/mol. The van der Waals surface area contributed by atoms with Crippen LogP contribution in [0.3, 0.4) is 0 Å². The van der Waals surface area contributed by atoms with Crippen LogP contribution in [0, 0.1) is 0 Å². The fourth-order valence-corrected chi connectivity index (χ4v) is 2.36. The van der Waals surface area contributed by atoms with E-state index in [0.717, 1.165) is 0 Å². The molecule has 19 heavy (non-hydrogen) atoms. The first-order valence-electron chi connectivity index (χ1n) is 6.93. The van der Waals surface area contributed by atoms with Gasteiger partial charge in [-0.05, 0) is 28.2 Å². The van der Waals surface area contributed by atoms with Crippen LogP contribution >= 0.6 is 0 Å². The minimum atomic E-state index is 0.184. The van der Waals surface area contributed by atoms with Crippen LogP contribution in [0.25, 0.3) is 11.1 Å². The van der Waals surface area contributed by atoms with Crippen LogP contribution in [0.4, 0.5) is 0 Å². The SMILES string of the molecule is CC(C)c1ccc(C(C)CO)cc1-c1ccccc1. The van der Waals surface area contributed by atoms with E-state index in [1.165, 1.54) is 22.3 Å². The highest BCUT2D eigenvalue weighted by Crippen LogP contribution is 2.32. The minimum Gasteiger partial charge on any atom is -0.396 e. The predicted molar refractivity (Wildman–Crippen MR) is 81.5 cm³/mol. The van der Waals surface area contributed by atoms with Gasteiger partial charge in [-0.25, -0.2) is 0 Å². The van der Waals surface area contributed by atoms with Gasteiger partial charge in [0.25, 0.3) is 0 Å². The van der Waals surface area contributed by atoms with Crippen LogP contribution in [0.2, 0.25) is 0 Å². The average Bonchev–Trinajstić information content (AvgIpc) is 2.46. The third kappa shape index (κ3) is 3.05. The summed E-state index contributed by atoms with van der Waals surface area (Å²) in [5, 5.41) is 9.33. The molecule has 0 aliphatic rings. The van der Waals surface area contributed by atoms with Crippen molar-refractivity contribution in [1.29, 1.82) is 0 Å². The molecular formula is C18H22O. The second-order valence-electron chi connectivity index (χ2n) is 5.45. The summed E-state index contributed by atoms with van der Waals surface area (Å²) in [5.74, 6) is 0.678. The molecule has 0 fully saturated rings. The van der Waals surface area contributed by atoms with Gasteiger partial charge in [-0.3, -0.25) is 0 Å². The highest BCUT2D eigenvalue weighted by atomic mass is 16.3.